The molecule has 13 nitrogen and oxygen atoms in total. The first kappa shape index (κ1) is 34.6. The zero-order valence-electron chi connectivity index (χ0n) is 24.5. The molecule has 0 aliphatic carbocycles. The van der Waals surface area contributed by atoms with Gasteiger partial charge in [-0.1, -0.05) is 62.2 Å². The van der Waals surface area contributed by atoms with Crippen LogP contribution in [0.4, 0.5) is 0 Å². The summed E-state index contributed by atoms with van der Waals surface area (Å²) in [5.41, 5.74) is 23.9. The molecule has 0 aliphatic heterocycles. The predicted octanol–water partition coefficient (Wildman–Crippen LogP) is -0.312. The number of nitrogens with two attached hydrogens (primary N) is 4. The van der Waals surface area contributed by atoms with Crippen molar-refractivity contribution in [2.45, 2.75) is 76.0 Å². The SMILES string of the molecule is CCCC[C@@H](NC(=O)[C@@H](Cc1ccccc1)NC(=O)[C@H](N)Cc1ccc(O)cc1)C(=O)N[C@H](CCCN=C(N)N)C(N)=O. The molecule has 0 saturated carbocycles. The Balaban J connectivity index is 2.17. The highest BCUT2D eigenvalue weighted by Gasteiger charge is 2.30. The molecule has 0 bridgehead atoms. The van der Waals surface area contributed by atoms with Crippen molar-refractivity contribution in [1.29, 1.82) is 0 Å². The Morgan fingerprint density at radius 1 is 0.744 bits per heavy atom. The molecule has 2 aromatic carbocycles. The molecule has 0 spiro atoms. The minimum Gasteiger partial charge on any atom is -0.508 e. The van der Waals surface area contributed by atoms with Crippen molar-refractivity contribution in [1.82, 2.24) is 16.0 Å². The van der Waals surface area contributed by atoms with Crippen molar-refractivity contribution in [2.75, 3.05) is 6.54 Å². The van der Waals surface area contributed by atoms with Crippen LogP contribution in [0.5, 0.6) is 5.75 Å². The van der Waals surface area contributed by atoms with Crippen LogP contribution in [0, 0.1) is 0 Å². The Labute approximate surface area is 251 Å². The van der Waals surface area contributed by atoms with Gasteiger partial charge in [0, 0.05) is 13.0 Å². The molecule has 0 aromatic heterocycles. The fourth-order valence-corrected chi connectivity index (χ4v) is 4.33. The lowest BCUT2D eigenvalue weighted by molar-refractivity contribution is -0.133. The maximum absolute atomic E-state index is 13.6. The van der Waals surface area contributed by atoms with E-state index in [9.17, 15) is 24.3 Å². The highest BCUT2D eigenvalue weighted by Crippen LogP contribution is 2.12. The number of nitrogens with one attached hydrogen (secondary N) is 3. The number of carbonyl (C=O) groups is 4. The number of primary amides is 1. The number of hydrogen-bond acceptors (Lipinski definition) is 7. The summed E-state index contributed by atoms with van der Waals surface area (Å²) >= 11 is 0. The van der Waals surface area contributed by atoms with Crippen LogP contribution >= 0.6 is 0 Å². The van der Waals surface area contributed by atoms with Gasteiger partial charge in [0.15, 0.2) is 5.96 Å². The topological polar surface area (TPSA) is 241 Å². The van der Waals surface area contributed by atoms with Gasteiger partial charge >= 0.3 is 0 Å². The summed E-state index contributed by atoms with van der Waals surface area (Å²) in [7, 11) is 0. The van der Waals surface area contributed by atoms with Gasteiger partial charge in [0.25, 0.3) is 0 Å². The van der Waals surface area contributed by atoms with E-state index < -0.39 is 47.8 Å². The van der Waals surface area contributed by atoms with Crippen LogP contribution in [0.1, 0.15) is 50.2 Å². The van der Waals surface area contributed by atoms with Gasteiger partial charge in [0.1, 0.15) is 23.9 Å². The molecule has 0 saturated heterocycles. The second kappa shape index (κ2) is 18.0. The number of rotatable bonds is 18. The first-order valence-corrected chi connectivity index (χ1v) is 14.3. The van der Waals surface area contributed by atoms with E-state index in [-0.39, 0.29) is 37.5 Å². The third kappa shape index (κ3) is 12.8. The smallest absolute Gasteiger partial charge is 0.243 e. The number of phenols is 1. The van der Waals surface area contributed by atoms with Crippen LogP contribution in [-0.2, 0) is 32.0 Å². The van der Waals surface area contributed by atoms with E-state index in [0.717, 1.165) is 17.5 Å². The molecule has 13 heteroatoms. The molecule has 0 fully saturated rings. The van der Waals surface area contributed by atoms with Gasteiger partial charge in [-0.25, -0.2) is 0 Å². The minimum absolute atomic E-state index is 0.0829. The van der Waals surface area contributed by atoms with Crippen molar-refractivity contribution < 1.29 is 24.3 Å². The van der Waals surface area contributed by atoms with Crippen LogP contribution < -0.4 is 38.9 Å². The monoisotopic (exact) mass is 596 g/mol. The molecule has 0 unspecified atom stereocenters. The number of aliphatic imine (C=N–C) groups is 1. The Morgan fingerprint density at radius 2 is 1.30 bits per heavy atom. The van der Waals surface area contributed by atoms with E-state index in [0.29, 0.717) is 19.3 Å². The van der Waals surface area contributed by atoms with E-state index in [4.69, 9.17) is 22.9 Å². The summed E-state index contributed by atoms with van der Waals surface area (Å²) in [4.78, 5) is 55.8. The zero-order valence-corrected chi connectivity index (χ0v) is 24.5. The molecule has 0 aliphatic rings. The summed E-state index contributed by atoms with van der Waals surface area (Å²) in [5.74, 6) is -2.41. The maximum Gasteiger partial charge on any atom is 0.243 e. The molecular formula is C30H44N8O5. The van der Waals surface area contributed by atoms with Crippen molar-refractivity contribution in [3.05, 3.63) is 65.7 Å². The fraction of sp³-hybridized carbons (Fsp3) is 0.433. The number of nitrogens with zero attached hydrogens (tertiary/aromatic N) is 1. The average molecular weight is 597 g/mol. The number of guanidine groups is 1. The number of amides is 4. The lowest BCUT2D eigenvalue weighted by Gasteiger charge is -2.25. The van der Waals surface area contributed by atoms with Crippen LogP contribution in [0.15, 0.2) is 59.6 Å². The zero-order chi connectivity index (χ0) is 31.8. The number of benzene rings is 2. The van der Waals surface area contributed by atoms with Crippen LogP contribution in [0.25, 0.3) is 0 Å². The lowest BCUT2D eigenvalue weighted by atomic mass is 10.0. The van der Waals surface area contributed by atoms with E-state index in [1.165, 1.54) is 12.1 Å². The highest BCUT2D eigenvalue weighted by molar-refractivity contribution is 5.94. The molecule has 2 rings (SSSR count). The van der Waals surface area contributed by atoms with Gasteiger partial charge in [-0.15, -0.1) is 0 Å². The van der Waals surface area contributed by atoms with Gasteiger partial charge < -0.3 is 44.0 Å². The summed E-state index contributed by atoms with van der Waals surface area (Å²) in [6.07, 6.45) is 2.63. The van der Waals surface area contributed by atoms with Gasteiger partial charge in [0.2, 0.25) is 23.6 Å². The summed E-state index contributed by atoms with van der Waals surface area (Å²) in [5, 5.41) is 17.6. The summed E-state index contributed by atoms with van der Waals surface area (Å²) in [6, 6.07) is 11.5. The number of hydrogen-bond donors (Lipinski definition) is 8. The van der Waals surface area contributed by atoms with Gasteiger partial charge in [-0.3, -0.25) is 24.2 Å². The Bertz CT molecular complexity index is 1220. The van der Waals surface area contributed by atoms with E-state index >= 15 is 0 Å². The first-order chi connectivity index (χ1) is 20.5. The Kier molecular flexibility index (Phi) is 14.5. The quantitative estimate of drug-likeness (QED) is 0.0643. The number of phenolic OH excluding ortho intramolecular Hbond substituents is 1. The standard InChI is InChI=1S/C30H44N8O5/c1-2-3-10-24(28(42)36-23(26(32)40)11-7-16-35-30(33)34)37-29(43)25(18-19-8-5-4-6-9-19)38-27(41)22(31)17-20-12-14-21(39)15-13-20/h4-6,8-9,12-15,22-25,39H,2-3,7,10-11,16-18,31H2,1H3,(H2,32,40)(H,36,42)(H,37,43)(H,38,41)(H4,33,34,35)/t22-,23-,24-,25-/m1/s1. The van der Waals surface area contributed by atoms with Crippen molar-refractivity contribution in [3.63, 3.8) is 0 Å². The normalized spacial score (nSPS) is 13.5. The first-order valence-electron chi connectivity index (χ1n) is 14.3. The van der Waals surface area contributed by atoms with Crippen LogP contribution in [0.2, 0.25) is 0 Å². The molecule has 2 aromatic rings. The molecule has 0 radical (unpaired) electrons. The largest absolute Gasteiger partial charge is 0.508 e. The minimum atomic E-state index is -1.04. The second-order valence-corrected chi connectivity index (χ2v) is 10.3. The Morgan fingerprint density at radius 3 is 1.91 bits per heavy atom. The molecule has 234 valence electrons. The van der Waals surface area contributed by atoms with Crippen LogP contribution in [0.3, 0.4) is 0 Å². The lowest BCUT2D eigenvalue weighted by Crippen LogP contribution is -2.58. The number of carbonyl (C=O) groups excluding carboxylic acids is 4. The molecule has 4 atom stereocenters. The molecule has 4 amide bonds. The van der Waals surface area contributed by atoms with Crippen molar-refractivity contribution in [2.24, 2.45) is 27.9 Å². The van der Waals surface area contributed by atoms with Gasteiger partial charge in [-0.2, -0.15) is 0 Å². The third-order valence-electron chi connectivity index (χ3n) is 6.73. The maximum atomic E-state index is 13.6. The van der Waals surface area contributed by atoms with Crippen molar-refractivity contribution >= 4 is 29.6 Å². The Hall–Kier alpha value is -4.65. The fourth-order valence-electron chi connectivity index (χ4n) is 4.33. The molecule has 0 heterocycles. The van der Waals surface area contributed by atoms with Gasteiger partial charge in [-0.05, 0) is 48.9 Å². The predicted molar refractivity (Wildman–Crippen MR) is 164 cm³/mol. The molecular weight excluding hydrogens is 552 g/mol. The highest BCUT2D eigenvalue weighted by atomic mass is 16.3. The van der Waals surface area contributed by atoms with Crippen LogP contribution in [-0.4, -0.2) is 65.4 Å². The van der Waals surface area contributed by atoms with Crippen molar-refractivity contribution in [3.8, 4) is 5.75 Å². The summed E-state index contributed by atoms with van der Waals surface area (Å²) in [6.45, 7) is 2.20. The van der Waals surface area contributed by atoms with E-state index in [2.05, 4.69) is 20.9 Å². The number of aromatic hydroxyl groups is 1. The van der Waals surface area contributed by atoms with E-state index in [1.807, 2.05) is 37.3 Å². The molecule has 43 heavy (non-hydrogen) atoms. The van der Waals surface area contributed by atoms with Gasteiger partial charge in [0.05, 0.1) is 6.04 Å². The molecule has 12 N–H and O–H groups in total. The third-order valence-corrected chi connectivity index (χ3v) is 6.73. The number of unbranched alkanes of at least 4 members (excludes halogenated alkanes) is 1. The second-order valence-electron chi connectivity index (χ2n) is 10.3. The summed E-state index contributed by atoms with van der Waals surface area (Å²) < 4.78 is 0. The van der Waals surface area contributed by atoms with E-state index in [1.54, 1.807) is 12.1 Å². The average Bonchev–Trinajstić information content (AvgIpc) is 2.97.